The highest BCUT2D eigenvalue weighted by atomic mass is 16.3. The number of benzene rings is 9. The first-order valence-corrected chi connectivity index (χ1v) is 19.0. The smallest absolute Gasteiger partial charge is 0.136 e. The summed E-state index contributed by atoms with van der Waals surface area (Å²) < 4.78 is 50.4. The van der Waals surface area contributed by atoms with Gasteiger partial charge in [-0.1, -0.05) is 152 Å². The molecule has 0 aliphatic heterocycles. The lowest BCUT2D eigenvalue weighted by Gasteiger charge is -2.26. The molecule has 57 heavy (non-hydrogen) atoms. The second kappa shape index (κ2) is 13.6. The number of aromatic nitrogens is 1. The van der Waals surface area contributed by atoms with Crippen molar-refractivity contribution in [2.24, 2.45) is 0 Å². The summed E-state index contributed by atoms with van der Waals surface area (Å²) in [6.07, 6.45) is 0. The Kier molecular flexibility index (Phi) is 6.65. The van der Waals surface area contributed by atoms with E-state index in [1.165, 1.54) is 10.8 Å². The first-order chi connectivity index (χ1) is 30.4. The molecule has 0 unspecified atom stereocenters. The third kappa shape index (κ3) is 5.60. The van der Waals surface area contributed by atoms with Gasteiger partial charge in [0.1, 0.15) is 11.2 Å². The van der Waals surface area contributed by atoms with Crippen molar-refractivity contribution < 1.29 is 11.3 Å². The Morgan fingerprint density at radius 2 is 0.877 bits per heavy atom. The fourth-order valence-corrected chi connectivity index (χ4v) is 8.31. The van der Waals surface area contributed by atoms with Crippen LogP contribution in [-0.4, -0.2) is 4.57 Å². The lowest BCUT2D eigenvalue weighted by Crippen LogP contribution is -2.09. The molecule has 0 aliphatic carbocycles. The van der Waals surface area contributed by atoms with Gasteiger partial charge in [-0.3, -0.25) is 0 Å². The normalized spacial score (nSPS) is 12.7. The van der Waals surface area contributed by atoms with Crippen LogP contribution < -0.4 is 4.90 Å². The molecular weight excluding hydrogens is 693 g/mol. The first kappa shape index (κ1) is 27.9. The van der Waals surface area contributed by atoms with E-state index in [1.54, 1.807) is 0 Å². The van der Waals surface area contributed by atoms with Crippen LogP contribution in [0.15, 0.2) is 223 Å². The van der Waals surface area contributed by atoms with Crippen molar-refractivity contribution >= 4 is 60.8 Å². The maximum Gasteiger partial charge on any atom is 0.136 e. The minimum Gasteiger partial charge on any atom is -0.456 e. The monoisotopic (exact) mass is 733 g/mol. The van der Waals surface area contributed by atoms with E-state index in [0.717, 1.165) is 78.0 Å². The molecule has 0 saturated carbocycles. The molecule has 11 aromatic rings. The molecule has 2 heterocycles. The van der Waals surface area contributed by atoms with Crippen LogP contribution in [0.4, 0.5) is 17.1 Å². The Morgan fingerprint density at radius 3 is 1.53 bits per heavy atom. The Labute approximate surface area is 337 Å². The third-order valence-electron chi connectivity index (χ3n) is 10.9. The Balaban J connectivity index is 1.02. The minimum atomic E-state index is -0.409. The molecule has 0 amide bonds. The van der Waals surface area contributed by atoms with E-state index in [2.05, 4.69) is 143 Å². The molecule has 0 spiro atoms. The van der Waals surface area contributed by atoms with Gasteiger partial charge in [0.2, 0.25) is 0 Å². The summed E-state index contributed by atoms with van der Waals surface area (Å²) in [6, 6.07) is 62.9. The summed E-state index contributed by atoms with van der Waals surface area (Å²) in [5, 5.41) is 4.57. The van der Waals surface area contributed by atoms with E-state index in [-0.39, 0.29) is 29.7 Å². The zero-order valence-electron chi connectivity index (χ0n) is 35.7. The largest absolute Gasteiger partial charge is 0.456 e. The van der Waals surface area contributed by atoms with Crippen molar-refractivity contribution in [3.8, 4) is 39.1 Å². The number of rotatable bonds is 7. The summed E-state index contributed by atoms with van der Waals surface area (Å²) in [5.74, 6) is 0. The van der Waals surface area contributed by atoms with Crippen LogP contribution in [0.25, 0.3) is 82.8 Å². The van der Waals surface area contributed by atoms with Crippen LogP contribution in [-0.2, 0) is 0 Å². The van der Waals surface area contributed by atoms with Gasteiger partial charge in [0.15, 0.2) is 0 Å². The van der Waals surface area contributed by atoms with Gasteiger partial charge in [-0.15, -0.1) is 0 Å². The zero-order chi connectivity index (χ0) is 42.1. The summed E-state index contributed by atoms with van der Waals surface area (Å²) >= 11 is 0. The molecule has 0 fully saturated rings. The molecule has 9 aromatic carbocycles. The molecule has 0 atom stereocenters. The summed E-state index contributed by atoms with van der Waals surface area (Å²) in [5.41, 5.74) is 12.8. The van der Waals surface area contributed by atoms with E-state index < -0.39 is 6.04 Å². The van der Waals surface area contributed by atoms with Crippen LogP contribution in [0.2, 0.25) is 0 Å². The zero-order valence-corrected chi connectivity index (χ0v) is 30.7. The number of hydrogen-bond acceptors (Lipinski definition) is 2. The molecule has 3 nitrogen and oxygen atoms in total. The second-order valence-corrected chi connectivity index (χ2v) is 14.1. The molecule has 0 radical (unpaired) electrons. The highest BCUT2D eigenvalue weighted by molar-refractivity contribution is 6.12. The van der Waals surface area contributed by atoms with Crippen LogP contribution in [0.1, 0.15) is 6.85 Å². The van der Waals surface area contributed by atoms with Crippen molar-refractivity contribution in [2.45, 2.75) is 0 Å². The van der Waals surface area contributed by atoms with Gasteiger partial charge in [0.05, 0.1) is 23.6 Å². The molecule has 268 valence electrons. The standard InChI is InChI=1S/C54H36N2O/c1-2-13-37(14-3-1)38-25-31-41(32-26-38)55(43-35-29-40(30-36-43)45-19-12-24-53-54(45)48-18-7-11-23-52(48)57-53)42-33-27-39(28-34-42)44-15-4-8-20-49(44)56-50-21-9-5-16-46(50)47-17-6-10-22-51(47)56/h1-36H/i1D,2D,3D,13D,14D. The number of nitrogens with zero attached hydrogens (tertiary/aromatic N) is 2. The lowest BCUT2D eigenvalue weighted by atomic mass is 9.99. The summed E-state index contributed by atoms with van der Waals surface area (Å²) in [6.45, 7) is 0. The average molecular weight is 734 g/mol. The number of para-hydroxylation sites is 4. The van der Waals surface area contributed by atoms with E-state index in [1.807, 2.05) is 54.6 Å². The van der Waals surface area contributed by atoms with Crippen LogP contribution in [0.3, 0.4) is 0 Å². The Morgan fingerprint density at radius 1 is 0.386 bits per heavy atom. The number of hydrogen-bond donors (Lipinski definition) is 0. The van der Waals surface area contributed by atoms with Crippen LogP contribution in [0, 0.1) is 0 Å². The molecule has 3 heteroatoms. The van der Waals surface area contributed by atoms with Crippen molar-refractivity contribution in [3.63, 3.8) is 0 Å². The van der Waals surface area contributed by atoms with Gasteiger partial charge in [-0.25, -0.2) is 0 Å². The fraction of sp³-hybridized carbons (Fsp3) is 0. The molecule has 0 saturated heterocycles. The van der Waals surface area contributed by atoms with Crippen molar-refractivity contribution in [1.82, 2.24) is 4.57 Å². The summed E-state index contributed by atoms with van der Waals surface area (Å²) in [4.78, 5) is 2.17. The van der Waals surface area contributed by atoms with Gasteiger partial charge >= 0.3 is 0 Å². The summed E-state index contributed by atoms with van der Waals surface area (Å²) in [7, 11) is 0. The number of furan rings is 1. The van der Waals surface area contributed by atoms with Gasteiger partial charge in [0, 0.05) is 44.2 Å². The maximum absolute atomic E-state index is 8.60. The van der Waals surface area contributed by atoms with E-state index in [4.69, 9.17) is 11.3 Å². The van der Waals surface area contributed by atoms with E-state index >= 15 is 0 Å². The Bertz CT molecular complexity index is 3440. The van der Waals surface area contributed by atoms with E-state index in [0.29, 0.717) is 5.56 Å². The quantitative estimate of drug-likeness (QED) is 0.163. The lowest BCUT2D eigenvalue weighted by molar-refractivity contribution is 0.669. The predicted molar refractivity (Wildman–Crippen MR) is 239 cm³/mol. The predicted octanol–water partition coefficient (Wildman–Crippen LogP) is 15.2. The third-order valence-corrected chi connectivity index (χ3v) is 10.9. The second-order valence-electron chi connectivity index (χ2n) is 14.1. The van der Waals surface area contributed by atoms with Gasteiger partial charge in [0.25, 0.3) is 0 Å². The average Bonchev–Trinajstić information content (AvgIpc) is 3.87. The molecule has 0 N–H and O–H groups in total. The van der Waals surface area contributed by atoms with Crippen molar-refractivity contribution in [3.05, 3.63) is 218 Å². The fourth-order valence-electron chi connectivity index (χ4n) is 8.31. The van der Waals surface area contributed by atoms with Crippen molar-refractivity contribution in [1.29, 1.82) is 0 Å². The van der Waals surface area contributed by atoms with Crippen molar-refractivity contribution in [2.75, 3.05) is 4.90 Å². The topological polar surface area (TPSA) is 21.3 Å². The molecule has 2 aromatic heterocycles. The minimum absolute atomic E-state index is 0.172. The molecule has 0 bridgehead atoms. The highest BCUT2D eigenvalue weighted by Crippen LogP contribution is 2.41. The number of fused-ring (bicyclic) bond motifs is 6. The van der Waals surface area contributed by atoms with Gasteiger partial charge < -0.3 is 13.9 Å². The molecular formula is C54H36N2O. The highest BCUT2D eigenvalue weighted by Gasteiger charge is 2.18. The van der Waals surface area contributed by atoms with Crippen LogP contribution in [0.5, 0.6) is 0 Å². The van der Waals surface area contributed by atoms with Gasteiger partial charge in [-0.05, 0) is 94.5 Å². The number of anilines is 3. The van der Waals surface area contributed by atoms with Crippen LogP contribution >= 0.6 is 0 Å². The van der Waals surface area contributed by atoms with Gasteiger partial charge in [-0.2, -0.15) is 0 Å². The van der Waals surface area contributed by atoms with E-state index in [9.17, 15) is 0 Å². The molecule has 11 rings (SSSR count). The SMILES string of the molecule is [2H]c1c([2H])c([2H])c(-c2ccc(N(c3ccc(-c4ccccc4-n4c5ccccc5c5ccccc54)cc3)c3ccc(-c4cccc5oc6ccccc6c45)cc3)cc2)c([2H])c1[2H]. The Hall–Kier alpha value is -7.62. The molecule has 0 aliphatic rings. The maximum atomic E-state index is 8.60. The first-order valence-electron chi connectivity index (χ1n) is 21.5.